The van der Waals surface area contributed by atoms with E-state index in [4.69, 9.17) is 14.3 Å². The van der Waals surface area contributed by atoms with Crippen molar-refractivity contribution in [3.63, 3.8) is 0 Å². The van der Waals surface area contributed by atoms with E-state index in [9.17, 15) is 9.59 Å². The van der Waals surface area contributed by atoms with E-state index >= 15 is 0 Å². The van der Waals surface area contributed by atoms with Gasteiger partial charge in [-0.3, -0.25) is 4.79 Å². The number of carbonyl (C=O) groups is 2. The fraction of sp³-hybridized carbons (Fsp3) is 0.455. The molecule has 2 N–H and O–H groups in total. The quantitative estimate of drug-likeness (QED) is 0.774. The second-order valence-corrected chi connectivity index (χ2v) is 4.37. The van der Waals surface area contributed by atoms with Gasteiger partial charge < -0.3 is 19.6 Å². The zero-order valence-electron chi connectivity index (χ0n) is 8.99. The maximum atomic E-state index is 12.0. The lowest BCUT2D eigenvalue weighted by molar-refractivity contribution is -0.131. The monoisotopic (exact) mass is 237 g/mol. The first-order valence-electron chi connectivity index (χ1n) is 5.48. The molecule has 1 aliphatic carbocycles. The summed E-state index contributed by atoms with van der Waals surface area (Å²) in [7, 11) is 0. The molecule has 0 unspecified atom stereocenters. The van der Waals surface area contributed by atoms with Gasteiger partial charge in [-0.1, -0.05) is 0 Å². The van der Waals surface area contributed by atoms with Gasteiger partial charge in [-0.2, -0.15) is 0 Å². The Morgan fingerprint density at radius 2 is 2.12 bits per heavy atom. The van der Waals surface area contributed by atoms with Crippen LogP contribution >= 0.6 is 0 Å². The maximum Gasteiger partial charge on any atom is 0.374 e. The predicted molar refractivity (Wildman–Crippen MR) is 56.1 cm³/mol. The lowest BCUT2D eigenvalue weighted by Gasteiger charge is -2.32. The van der Waals surface area contributed by atoms with Gasteiger partial charge in [0, 0.05) is 0 Å². The molecule has 6 heteroatoms. The van der Waals surface area contributed by atoms with Crippen LogP contribution in [0, 0.1) is 0 Å². The summed E-state index contributed by atoms with van der Waals surface area (Å²) in [4.78, 5) is 22.8. The summed E-state index contributed by atoms with van der Waals surface area (Å²) >= 11 is 0. The molecule has 6 nitrogen and oxygen atoms in total. The number of carboxylic acid groups (broad SMARTS) is 1. The van der Waals surface area contributed by atoms with Crippen molar-refractivity contribution in [2.75, 3.05) is 5.32 Å². The molecular weight excluding hydrogens is 226 g/mol. The third-order valence-electron chi connectivity index (χ3n) is 3.32. The van der Waals surface area contributed by atoms with E-state index in [1.165, 1.54) is 6.26 Å². The van der Waals surface area contributed by atoms with E-state index in [0.717, 1.165) is 12.8 Å². The summed E-state index contributed by atoms with van der Waals surface area (Å²) < 4.78 is 10.5. The Morgan fingerprint density at radius 1 is 1.41 bits per heavy atom. The number of furan rings is 1. The molecule has 0 saturated heterocycles. The van der Waals surface area contributed by atoms with Gasteiger partial charge in [-0.05, 0) is 25.7 Å². The van der Waals surface area contributed by atoms with E-state index in [0.29, 0.717) is 18.6 Å². The van der Waals surface area contributed by atoms with Crippen LogP contribution in [0.2, 0.25) is 0 Å². The molecule has 3 rings (SSSR count). The highest BCUT2D eigenvalue weighted by molar-refractivity contribution is 6.05. The molecule has 90 valence electrons. The largest absolute Gasteiger partial charge is 0.475 e. The zero-order chi connectivity index (χ0) is 12.0. The highest BCUT2D eigenvalue weighted by atomic mass is 16.5. The molecule has 1 aromatic heterocycles. The molecular formula is C11H11NO5. The first-order valence-corrected chi connectivity index (χ1v) is 5.48. The van der Waals surface area contributed by atoms with Crippen molar-refractivity contribution in [3.8, 4) is 5.75 Å². The summed E-state index contributed by atoms with van der Waals surface area (Å²) in [5.74, 6) is -1.48. The van der Waals surface area contributed by atoms with Gasteiger partial charge in [0.05, 0.1) is 0 Å². The molecule has 0 radical (unpaired) electrons. The standard InChI is InChI=1S/C11H11NO5/c13-9(14)8-7-6(5-16-8)17-11(10(15)12-7)3-1-2-4-11/h5H,1-4H2,(H,12,15)(H,13,14). The third kappa shape index (κ3) is 1.33. The van der Waals surface area contributed by atoms with E-state index in [2.05, 4.69) is 5.32 Å². The first-order chi connectivity index (χ1) is 8.12. The summed E-state index contributed by atoms with van der Waals surface area (Å²) in [5, 5.41) is 11.5. The number of anilines is 1. The first kappa shape index (κ1) is 10.2. The highest BCUT2D eigenvalue weighted by Crippen LogP contribution is 2.44. The van der Waals surface area contributed by atoms with Gasteiger partial charge >= 0.3 is 5.97 Å². The zero-order valence-corrected chi connectivity index (χ0v) is 8.99. The summed E-state index contributed by atoms with van der Waals surface area (Å²) in [6.07, 6.45) is 4.43. The molecule has 1 fully saturated rings. The molecule has 1 aromatic rings. The van der Waals surface area contributed by atoms with Crippen LogP contribution in [-0.2, 0) is 4.79 Å². The molecule has 1 saturated carbocycles. The Bertz CT molecular complexity index is 498. The molecule has 0 bridgehead atoms. The number of aromatic carboxylic acids is 1. The summed E-state index contributed by atoms with van der Waals surface area (Å²) in [6, 6.07) is 0. The Labute approximate surface area is 96.5 Å². The smallest absolute Gasteiger partial charge is 0.374 e. The third-order valence-corrected chi connectivity index (χ3v) is 3.32. The van der Waals surface area contributed by atoms with Crippen LogP contribution in [0.25, 0.3) is 0 Å². The molecule has 1 aliphatic heterocycles. The molecule has 2 heterocycles. The van der Waals surface area contributed by atoms with Crippen LogP contribution < -0.4 is 10.1 Å². The Kier molecular flexibility index (Phi) is 1.95. The molecule has 1 spiro atoms. The number of nitrogens with one attached hydrogen (secondary N) is 1. The normalized spacial score (nSPS) is 20.8. The highest BCUT2D eigenvalue weighted by Gasteiger charge is 2.48. The molecule has 2 aliphatic rings. The number of carbonyl (C=O) groups excluding carboxylic acids is 1. The van der Waals surface area contributed by atoms with Crippen molar-refractivity contribution in [2.24, 2.45) is 0 Å². The van der Waals surface area contributed by atoms with Crippen LogP contribution in [0.5, 0.6) is 5.75 Å². The Morgan fingerprint density at radius 3 is 2.76 bits per heavy atom. The molecule has 0 atom stereocenters. The van der Waals surface area contributed by atoms with E-state index in [1.807, 2.05) is 0 Å². The van der Waals surface area contributed by atoms with Crippen molar-refractivity contribution in [1.29, 1.82) is 0 Å². The van der Waals surface area contributed by atoms with Crippen molar-refractivity contribution in [2.45, 2.75) is 31.3 Å². The Balaban J connectivity index is 2.02. The SMILES string of the molecule is O=C(O)c1occ2c1NC(=O)C1(CCCC1)O2. The summed E-state index contributed by atoms with van der Waals surface area (Å²) in [6.45, 7) is 0. The average molecular weight is 237 g/mol. The number of carboxylic acids is 1. The fourth-order valence-corrected chi connectivity index (χ4v) is 2.45. The van der Waals surface area contributed by atoms with E-state index < -0.39 is 11.6 Å². The number of amides is 1. The topological polar surface area (TPSA) is 88.8 Å². The predicted octanol–water partition coefficient (Wildman–Crippen LogP) is 1.62. The van der Waals surface area contributed by atoms with E-state index in [-0.39, 0.29) is 17.4 Å². The van der Waals surface area contributed by atoms with Gasteiger partial charge in [0.2, 0.25) is 5.76 Å². The minimum atomic E-state index is -1.22. The van der Waals surface area contributed by atoms with Crippen LogP contribution in [0.1, 0.15) is 36.2 Å². The maximum absolute atomic E-state index is 12.0. The van der Waals surface area contributed by atoms with Gasteiger partial charge in [0.1, 0.15) is 12.0 Å². The number of rotatable bonds is 1. The van der Waals surface area contributed by atoms with Crippen LogP contribution in [0.4, 0.5) is 5.69 Å². The van der Waals surface area contributed by atoms with Crippen LogP contribution in [0.3, 0.4) is 0 Å². The lowest BCUT2D eigenvalue weighted by atomic mass is 9.99. The van der Waals surface area contributed by atoms with Crippen LogP contribution in [0.15, 0.2) is 10.7 Å². The van der Waals surface area contributed by atoms with Gasteiger partial charge in [-0.25, -0.2) is 4.79 Å². The minimum absolute atomic E-state index is 0.125. The van der Waals surface area contributed by atoms with Gasteiger partial charge in [-0.15, -0.1) is 0 Å². The lowest BCUT2D eigenvalue weighted by Crippen LogP contribution is -2.48. The van der Waals surface area contributed by atoms with Gasteiger partial charge in [0.25, 0.3) is 5.91 Å². The van der Waals surface area contributed by atoms with E-state index in [1.54, 1.807) is 0 Å². The molecule has 1 amide bonds. The number of hydrogen-bond donors (Lipinski definition) is 2. The van der Waals surface area contributed by atoms with Crippen molar-refractivity contribution < 1.29 is 23.8 Å². The fourth-order valence-electron chi connectivity index (χ4n) is 2.45. The second kappa shape index (κ2) is 3.26. The number of hydrogen-bond acceptors (Lipinski definition) is 4. The van der Waals surface area contributed by atoms with Crippen molar-refractivity contribution >= 4 is 17.6 Å². The van der Waals surface area contributed by atoms with Crippen LogP contribution in [-0.4, -0.2) is 22.6 Å². The average Bonchev–Trinajstić information content (AvgIpc) is 2.87. The van der Waals surface area contributed by atoms with Gasteiger partial charge in [0.15, 0.2) is 11.4 Å². The molecule has 17 heavy (non-hydrogen) atoms. The van der Waals surface area contributed by atoms with Crippen molar-refractivity contribution in [3.05, 3.63) is 12.0 Å². The number of fused-ring (bicyclic) bond motifs is 1. The second-order valence-electron chi connectivity index (χ2n) is 4.37. The molecule has 0 aromatic carbocycles. The summed E-state index contributed by atoms with van der Waals surface area (Å²) in [5.41, 5.74) is -0.702. The Hall–Kier alpha value is -1.98. The number of ether oxygens (including phenoxy) is 1. The minimum Gasteiger partial charge on any atom is -0.475 e. The van der Waals surface area contributed by atoms with Crippen molar-refractivity contribution in [1.82, 2.24) is 0 Å².